The maximum absolute atomic E-state index is 11.6. The quantitative estimate of drug-likeness (QED) is 0.155. The molecule has 0 aromatic carbocycles. The number of ether oxygens (including phenoxy) is 2. The number of unbranched alkanes of at least 4 members (excludes halogenated alkanes) is 3. The van der Waals surface area contributed by atoms with E-state index in [1.165, 1.54) is 26.2 Å². The highest BCUT2D eigenvalue weighted by atomic mass is 16.6. The maximum atomic E-state index is 11.6. The summed E-state index contributed by atoms with van der Waals surface area (Å²) < 4.78 is 9.49. The summed E-state index contributed by atoms with van der Waals surface area (Å²) in [5.74, 6) is -1.04. The lowest BCUT2D eigenvalue weighted by Crippen LogP contribution is -2.26. The zero-order chi connectivity index (χ0) is 24.0. The minimum Gasteiger partial charge on any atom is -0.463 e. The Labute approximate surface area is 192 Å². The normalized spacial score (nSPS) is 14.8. The van der Waals surface area contributed by atoms with Crippen molar-refractivity contribution in [3.05, 3.63) is 36.5 Å². The van der Waals surface area contributed by atoms with Crippen molar-refractivity contribution in [3.63, 3.8) is 0 Å². The van der Waals surface area contributed by atoms with Gasteiger partial charge in [-0.15, -0.1) is 0 Å². The highest BCUT2D eigenvalue weighted by Gasteiger charge is 2.16. The van der Waals surface area contributed by atoms with Crippen molar-refractivity contribution >= 4 is 11.9 Å². The number of allylic oxidation sites excluding steroid dienone is 5. The summed E-state index contributed by atoms with van der Waals surface area (Å²) in [4.78, 5) is 22.3. The molecule has 0 rings (SSSR count). The summed E-state index contributed by atoms with van der Waals surface area (Å²) in [6.07, 6.45) is 17.2. The molecule has 2 unspecified atom stereocenters. The standard InChI is InChI=1S/C25H42O7/c1-3-4-5-6-7-8-9-10-11-12-13-14-16-23(28)24(29)17-15-18-25(30)32-20-22(27)19-31-21(2)26/h7-8,10-11,13-14,22-24,27-29H,3-6,9,12,15-20H2,1-2H3/b8-7-,11-10-,14-13-/t22-,23?,24?/m0/s1. The molecule has 0 amide bonds. The number of carbonyl (C=O) groups excluding carboxylic acids is 2. The fraction of sp³-hybridized carbons (Fsp3) is 0.680. The van der Waals surface area contributed by atoms with Crippen LogP contribution in [0.2, 0.25) is 0 Å². The van der Waals surface area contributed by atoms with Crippen LogP contribution in [0.1, 0.15) is 78.1 Å². The summed E-state index contributed by atoms with van der Waals surface area (Å²) >= 11 is 0. The van der Waals surface area contributed by atoms with E-state index in [1.54, 1.807) is 0 Å². The molecule has 0 radical (unpaired) electrons. The van der Waals surface area contributed by atoms with E-state index in [9.17, 15) is 24.9 Å². The number of aliphatic hydroxyl groups is 3. The summed E-state index contributed by atoms with van der Waals surface area (Å²) in [7, 11) is 0. The van der Waals surface area contributed by atoms with Gasteiger partial charge >= 0.3 is 11.9 Å². The molecule has 0 fully saturated rings. The van der Waals surface area contributed by atoms with Gasteiger partial charge in [0.2, 0.25) is 0 Å². The lowest BCUT2D eigenvalue weighted by molar-refractivity contribution is -0.151. The molecule has 7 heteroatoms. The van der Waals surface area contributed by atoms with Gasteiger partial charge in [-0.05, 0) is 44.9 Å². The van der Waals surface area contributed by atoms with Gasteiger partial charge in [0.25, 0.3) is 0 Å². The predicted octanol–water partition coefficient (Wildman–Crippen LogP) is 3.76. The van der Waals surface area contributed by atoms with Gasteiger partial charge in [-0.25, -0.2) is 0 Å². The fourth-order valence-corrected chi connectivity index (χ4v) is 2.74. The van der Waals surface area contributed by atoms with Crippen molar-refractivity contribution in [1.82, 2.24) is 0 Å². The Morgan fingerprint density at radius 1 is 0.812 bits per heavy atom. The van der Waals surface area contributed by atoms with Crippen molar-refractivity contribution in [2.45, 2.75) is 96.4 Å². The molecule has 0 bridgehead atoms. The maximum Gasteiger partial charge on any atom is 0.305 e. The zero-order valence-electron chi connectivity index (χ0n) is 19.7. The van der Waals surface area contributed by atoms with Gasteiger partial charge in [-0.2, -0.15) is 0 Å². The highest BCUT2D eigenvalue weighted by Crippen LogP contribution is 2.10. The molecule has 184 valence electrons. The van der Waals surface area contributed by atoms with E-state index in [4.69, 9.17) is 4.74 Å². The number of carbonyl (C=O) groups is 2. The van der Waals surface area contributed by atoms with Crippen LogP contribution >= 0.6 is 0 Å². The average Bonchev–Trinajstić information content (AvgIpc) is 2.76. The molecule has 0 saturated carbocycles. The molecule has 32 heavy (non-hydrogen) atoms. The summed E-state index contributed by atoms with van der Waals surface area (Å²) in [6, 6.07) is 0. The number of hydrogen-bond donors (Lipinski definition) is 3. The minimum absolute atomic E-state index is 0.0672. The molecular weight excluding hydrogens is 412 g/mol. The third kappa shape index (κ3) is 20.0. The SMILES string of the molecule is CCCCC/C=C\C/C=C\C/C=C\CC(O)C(O)CCCC(=O)OC[C@@H](O)COC(C)=O. The zero-order valence-corrected chi connectivity index (χ0v) is 19.7. The van der Waals surface area contributed by atoms with E-state index < -0.39 is 30.3 Å². The smallest absolute Gasteiger partial charge is 0.305 e. The molecule has 0 heterocycles. The topological polar surface area (TPSA) is 113 Å². The van der Waals surface area contributed by atoms with E-state index in [0.29, 0.717) is 12.8 Å². The first-order valence-electron chi connectivity index (χ1n) is 11.6. The Kier molecular flexibility index (Phi) is 19.6. The number of aliphatic hydroxyl groups excluding tert-OH is 3. The summed E-state index contributed by atoms with van der Waals surface area (Å²) in [5.41, 5.74) is 0. The molecule has 0 spiro atoms. The van der Waals surface area contributed by atoms with E-state index in [2.05, 4.69) is 36.0 Å². The van der Waals surface area contributed by atoms with Gasteiger partial charge in [0, 0.05) is 13.3 Å². The van der Waals surface area contributed by atoms with Crippen LogP contribution in [0.15, 0.2) is 36.5 Å². The first kappa shape index (κ1) is 30.0. The number of hydrogen-bond acceptors (Lipinski definition) is 7. The molecular formula is C25H42O7. The predicted molar refractivity (Wildman–Crippen MR) is 125 cm³/mol. The van der Waals surface area contributed by atoms with Crippen molar-refractivity contribution in [1.29, 1.82) is 0 Å². The van der Waals surface area contributed by atoms with Gasteiger partial charge < -0.3 is 24.8 Å². The molecule has 3 atom stereocenters. The van der Waals surface area contributed by atoms with Crippen LogP contribution in [-0.2, 0) is 19.1 Å². The highest BCUT2D eigenvalue weighted by molar-refractivity contribution is 5.69. The Morgan fingerprint density at radius 2 is 1.44 bits per heavy atom. The van der Waals surface area contributed by atoms with Crippen LogP contribution in [0.25, 0.3) is 0 Å². The third-order valence-corrected chi connectivity index (χ3v) is 4.64. The van der Waals surface area contributed by atoms with Gasteiger partial charge in [0.05, 0.1) is 12.2 Å². The monoisotopic (exact) mass is 454 g/mol. The molecule has 0 aliphatic carbocycles. The third-order valence-electron chi connectivity index (χ3n) is 4.64. The van der Waals surface area contributed by atoms with Crippen LogP contribution in [0, 0.1) is 0 Å². The molecule has 0 aliphatic heterocycles. The first-order chi connectivity index (χ1) is 15.4. The van der Waals surface area contributed by atoms with E-state index in [0.717, 1.165) is 19.3 Å². The van der Waals surface area contributed by atoms with Gasteiger partial charge in [0.1, 0.15) is 19.3 Å². The molecule has 0 aromatic rings. The molecule has 0 aliphatic rings. The van der Waals surface area contributed by atoms with Crippen LogP contribution < -0.4 is 0 Å². The van der Waals surface area contributed by atoms with Crippen LogP contribution in [-0.4, -0.2) is 58.8 Å². The van der Waals surface area contributed by atoms with Crippen LogP contribution in [0.4, 0.5) is 0 Å². The molecule has 0 aromatic heterocycles. The average molecular weight is 455 g/mol. The second-order valence-corrected chi connectivity index (χ2v) is 7.78. The molecule has 3 N–H and O–H groups in total. The van der Waals surface area contributed by atoms with E-state index in [1.807, 2.05) is 12.2 Å². The number of esters is 2. The second-order valence-electron chi connectivity index (χ2n) is 7.78. The van der Waals surface area contributed by atoms with E-state index in [-0.39, 0.29) is 26.1 Å². The first-order valence-corrected chi connectivity index (χ1v) is 11.6. The lowest BCUT2D eigenvalue weighted by Gasteiger charge is -2.16. The molecule has 0 saturated heterocycles. The van der Waals surface area contributed by atoms with Gasteiger partial charge in [0.15, 0.2) is 0 Å². The largest absolute Gasteiger partial charge is 0.463 e. The number of rotatable bonds is 19. The summed E-state index contributed by atoms with van der Waals surface area (Å²) in [6.45, 7) is 2.94. The van der Waals surface area contributed by atoms with Crippen molar-refractivity contribution in [2.75, 3.05) is 13.2 Å². The van der Waals surface area contributed by atoms with Crippen molar-refractivity contribution in [2.24, 2.45) is 0 Å². The van der Waals surface area contributed by atoms with Crippen LogP contribution in [0.5, 0.6) is 0 Å². The molecule has 7 nitrogen and oxygen atoms in total. The fourth-order valence-electron chi connectivity index (χ4n) is 2.74. The Balaban J connectivity index is 3.79. The van der Waals surface area contributed by atoms with Crippen molar-refractivity contribution in [3.8, 4) is 0 Å². The van der Waals surface area contributed by atoms with Crippen molar-refractivity contribution < 1.29 is 34.4 Å². The van der Waals surface area contributed by atoms with E-state index >= 15 is 0 Å². The minimum atomic E-state index is -1.07. The van der Waals surface area contributed by atoms with Gasteiger partial charge in [-0.1, -0.05) is 56.2 Å². The Hall–Kier alpha value is -1.96. The Morgan fingerprint density at radius 3 is 2.09 bits per heavy atom. The van der Waals surface area contributed by atoms with Gasteiger partial charge in [-0.3, -0.25) is 9.59 Å². The summed E-state index contributed by atoms with van der Waals surface area (Å²) in [5, 5.41) is 29.5. The Bertz CT molecular complexity index is 569. The van der Waals surface area contributed by atoms with Crippen LogP contribution in [0.3, 0.4) is 0 Å². The second kappa shape index (κ2) is 20.9. The lowest BCUT2D eigenvalue weighted by atomic mass is 10.0.